The Hall–Kier alpha value is -3.02. The largest absolute Gasteiger partial charge is 0.479 e. The number of ether oxygens (including phenoxy) is 1. The lowest BCUT2D eigenvalue weighted by Crippen LogP contribution is -2.47. The Balaban J connectivity index is 1.53. The number of anilines is 3. The molecule has 1 N–H and O–H groups in total. The van der Waals surface area contributed by atoms with Gasteiger partial charge in [0.05, 0.1) is 17.1 Å². The van der Waals surface area contributed by atoms with Crippen LogP contribution in [0.25, 0.3) is 0 Å². The summed E-state index contributed by atoms with van der Waals surface area (Å²) in [6.07, 6.45) is 1.72. The fourth-order valence-corrected chi connectivity index (χ4v) is 3.67. The molecule has 0 bridgehead atoms. The van der Waals surface area contributed by atoms with E-state index in [9.17, 15) is 9.59 Å². The van der Waals surface area contributed by atoms with Crippen LogP contribution in [0.1, 0.15) is 19.8 Å². The van der Waals surface area contributed by atoms with Crippen molar-refractivity contribution in [1.82, 2.24) is 0 Å². The van der Waals surface area contributed by atoms with Gasteiger partial charge in [0.15, 0.2) is 6.10 Å². The molecule has 2 aromatic rings. The van der Waals surface area contributed by atoms with Crippen molar-refractivity contribution in [3.63, 3.8) is 0 Å². The minimum atomic E-state index is -0.607. The van der Waals surface area contributed by atoms with E-state index in [0.29, 0.717) is 11.4 Å². The third-order valence-electron chi connectivity index (χ3n) is 5.00. The Bertz CT molecular complexity index is 861. The average molecular weight is 365 g/mol. The highest BCUT2D eigenvalue weighted by atomic mass is 16.5. The molecule has 6 nitrogen and oxygen atoms in total. The maximum atomic E-state index is 12.7. The molecule has 2 heterocycles. The van der Waals surface area contributed by atoms with E-state index in [1.54, 1.807) is 13.0 Å². The van der Waals surface area contributed by atoms with Crippen LogP contribution in [0.4, 0.5) is 17.1 Å². The topological polar surface area (TPSA) is 61.9 Å². The fourth-order valence-electron chi connectivity index (χ4n) is 3.67. The summed E-state index contributed by atoms with van der Waals surface area (Å²) in [6, 6.07) is 15.1. The number of fused-ring (bicyclic) bond motifs is 1. The van der Waals surface area contributed by atoms with E-state index in [-0.39, 0.29) is 18.4 Å². The molecule has 1 unspecified atom stereocenters. The molecule has 1 atom stereocenters. The van der Waals surface area contributed by atoms with Crippen LogP contribution < -0.4 is 19.9 Å². The first-order chi connectivity index (χ1) is 13.1. The molecule has 0 aromatic heterocycles. The number of para-hydroxylation sites is 4. The molecule has 2 aliphatic heterocycles. The molecule has 2 amide bonds. The molecule has 0 aliphatic carbocycles. The van der Waals surface area contributed by atoms with E-state index in [4.69, 9.17) is 4.74 Å². The number of hydrogen-bond donors (Lipinski definition) is 1. The van der Waals surface area contributed by atoms with E-state index in [2.05, 4.69) is 10.2 Å². The number of nitrogens with zero attached hydrogens (tertiary/aromatic N) is 2. The monoisotopic (exact) mass is 365 g/mol. The van der Waals surface area contributed by atoms with Crippen LogP contribution in [-0.2, 0) is 9.59 Å². The van der Waals surface area contributed by atoms with Gasteiger partial charge in [0.1, 0.15) is 12.3 Å². The number of carbonyl (C=O) groups excluding carboxylic acids is 2. The van der Waals surface area contributed by atoms with Gasteiger partial charge in [0.25, 0.3) is 5.91 Å². The van der Waals surface area contributed by atoms with Crippen molar-refractivity contribution < 1.29 is 14.3 Å². The summed E-state index contributed by atoms with van der Waals surface area (Å²) in [7, 11) is 0. The fraction of sp³-hybridized carbons (Fsp3) is 0.333. The molecule has 2 aliphatic rings. The summed E-state index contributed by atoms with van der Waals surface area (Å²) in [4.78, 5) is 29.1. The zero-order valence-corrected chi connectivity index (χ0v) is 15.4. The Labute approximate surface area is 158 Å². The van der Waals surface area contributed by atoms with Crippen LogP contribution >= 0.6 is 0 Å². The predicted octanol–water partition coefficient (Wildman–Crippen LogP) is 3.04. The quantitative estimate of drug-likeness (QED) is 0.905. The number of rotatable bonds is 4. The van der Waals surface area contributed by atoms with Crippen molar-refractivity contribution in [2.24, 2.45) is 0 Å². The molecule has 1 saturated heterocycles. The third-order valence-corrected chi connectivity index (χ3v) is 5.00. The number of amides is 2. The van der Waals surface area contributed by atoms with E-state index in [0.717, 1.165) is 24.5 Å². The maximum absolute atomic E-state index is 12.7. The van der Waals surface area contributed by atoms with Crippen LogP contribution in [0.3, 0.4) is 0 Å². The molecule has 140 valence electrons. The minimum absolute atomic E-state index is 0.0438. The molecule has 0 radical (unpaired) electrons. The molecule has 6 heteroatoms. The second kappa shape index (κ2) is 7.31. The lowest BCUT2D eigenvalue weighted by Gasteiger charge is -2.32. The SMILES string of the molecule is CC1Oc2ccccc2N(CC(=O)Nc2ccccc2N2CCCC2)C1=O. The van der Waals surface area contributed by atoms with Gasteiger partial charge in [0, 0.05) is 13.1 Å². The van der Waals surface area contributed by atoms with Gasteiger partial charge >= 0.3 is 0 Å². The Morgan fingerprint density at radius 3 is 2.52 bits per heavy atom. The summed E-state index contributed by atoms with van der Waals surface area (Å²) in [5.74, 6) is 0.186. The minimum Gasteiger partial charge on any atom is -0.479 e. The first-order valence-electron chi connectivity index (χ1n) is 9.34. The lowest BCUT2D eigenvalue weighted by molar-refractivity contribution is -0.127. The third kappa shape index (κ3) is 3.47. The van der Waals surface area contributed by atoms with Crippen LogP contribution in [0.15, 0.2) is 48.5 Å². The summed E-state index contributed by atoms with van der Waals surface area (Å²) in [6.45, 7) is 3.66. The summed E-state index contributed by atoms with van der Waals surface area (Å²) in [5, 5.41) is 2.99. The Morgan fingerprint density at radius 2 is 1.74 bits per heavy atom. The van der Waals surface area contributed by atoms with Gasteiger partial charge in [-0.1, -0.05) is 24.3 Å². The molecular formula is C21H23N3O3. The van der Waals surface area contributed by atoms with E-state index in [1.807, 2.05) is 42.5 Å². The van der Waals surface area contributed by atoms with E-state index in [1.165, 1.54) is 17.7 Å². The molecular weight excluding hydrogens is 342 g/mol. The zero-order valence-electron chi connectivity index (χ0n) is 15.4. The Morgan fingerprint density at radius 1 is 1.07 bits per heavy atom. The summed E-state index contributed by atoms with van der Waals surface area (Å²) >= 11 is 0. The van der Waals surface area contributed by atoms with Crippen molar-refractivity contribution in [2.75, 3.05) is 34.8 Å². The van der Waals surface area contributed by atoms with Gasteiger partial charge in [-0.25, -0.2) is 0 Å². The standard InChI is InChI=1S/C21H23N3O3/c1-15-21(26)24(18-10-4-5-11-19(18)27-15)14-20(25)22-16-8-2-3-9-17(16)23-12-6-7-13-23/h2-5,8-11,15H,6-7,12-14H2,1H3,(H,22,25). The molecule has 0 saturated carbocycles. The second-order valence-electron chi connectivity index (χ2n) is 6.91. The van der Waals surface area contributed by atoms with Crippen LogP contribution in [0.5, 0.6) is 5.75 Å². The summed E-state index contributed by atoms with van der Waals surface area (Å²) in [5.41, 5.74) is 2.44. The van der Waals surface area contributed by atoms with Gasteiger partial charge in [-0.15, -0.1) is 0 Å². The smallest absolute Gasteiger partial charge is 0.268 e. The molecule has 0 spiro atoms. The van der Waals surface area contributed by atoms with E-state index < -0.39 is 6.10 Å². The van der Waals surface area contributed by atoms with Gasteiger partial charge in [-0.2, -0.15) is 0 Å². The van der Waals surface area contributed by atoms with Crippen molar-refractivity contribution >= 4 is 28.9 Å². The van der Waals surface area contributed by atoms with Gasteiger partial charge in [0.2, 0.25) is 5.91 Å². The summed E-state index contributed by atoms with van der Waals surface area (Å²) < 4.78 is 5.63. The first kappa shape index (κ1) is 17.4. The van der Waals surface area contributed by atoms with Gasteiger partial charge in [-0.3, -0.25) is 14.5 Å². The first-order valence-corrected chi connectivity index (χ1v) is 9.34. The maximum Gasteiger partial charge on any atom is 0.268 e. The number of hydrogen-bond acceptors (Lipinski definition) is 4. The van der Waals surface area contributed by atoms with Crippen LogP contribution in [0, 0.1) is 0 Å². The number of nitrogens with one attached hydrogen (secondary N) is 1. The lowest BCUT2D eigenvalue weighted by atomic mass is 10.2. The average Bonchev–Trinajstić information content (AvgIpc) is 3.20. The highest BCUT2D eigenvalue weighted by Gasteiger charge is 2.32. The highest BCUT2D eigenvalue weighted by Crippen LogP contribution is 2.34. The molecule has 2 aromatic carbocycles. The van der Waals surface area contributed by atoms with Crippen molar-refractivity contribution in [2.45, 2.75) is 25.9 Å². The highest BCUT2D eigenvalue weighted by molar-refractivity contribution is 6.06. The van der Waals surface area contributed by atoms with Gasteiger partial charge in [-0.05, 0) is 44.0 Å². The zero-order chi connectivity index (χ0) is 18.8. The number of carbonyl (C=O) groups is 2. The molecule has 1 fully saturated rings. The van der Waals surface area contributed by atoms with E-state index >= 15 is 0 Å². The predicted molar refractivity (Wildman–Crippen MR) is 105 cm³/mol. The van der Waals surface area contributed by atoms with Crippen molar-refractivity contribution in [3.8, 4) is 5.75 Å². The van der Waals surface area contributed by atoms with Crippen molar-refractivity contribution in [3.05, 3.63) is 48.5 Å². The molecule has 27 heavy (non-hydrogen) atoms. The number of benzene rings is 2. The molecule has 4 rings (SSSR count). The van der Waals surface area contributed by atoms with Crippen molar-refractivity contribution in [1.29, 1.82) is 0 Å². The second-order valence-corrected chi connectivity index (χ2v) is 6.91. The normalized spacial score (nSPS) is 18.9. The van der Waals surface area contributed by atoms with Gasteiger partial charge < -0.3 is 15.0 Å². The Kier molecular flexibility index (Phi) is 4.71. The van der Waals surface area contributed by atoms with Crippen LogP contribution in [0.2, 0.25) is 0 Å². The van der Waals surface area contributed by atoms with Crippen LogP contribution in [-0.4, -0.2) is 37.6 Å².